The summed E-state index contributed by atoms with van der Waals surface area (Å²) in [7, 11) is 1.66. The predicted molar refractivity (Wildman–Crippen MR) is 32.7 cm³/mol. The van der Waals surface area contributed by atoms with Crippen LogP contribution in [0.15, 0.2) is 0 Å². The molecule has 0 aliphatic carbocycles. The molecular weight excluding hydrogens is 111 g/mol. The van der Waals surface area contributed by atoms with Gasteiger partial charge in [-0.25, -0.2) is 0 Å². The summed E-state index contributed by atoms with van der Waals surface area (Å²) < 4.78 is 9.78. The quantitative estimate of drug-likeness (QED) is 0.237. The van der Waals surface area contributed by atoms with Crippen LogP contribution >= 0.6 is 0 Å². The van der Waals surface area contributed by atoms with E-state index < -0.39 is 0 Å². The fraction of sp³-hybridized carbons (Fsp3) is 0.833. The molecule has 3 heteroatoms. The first-order chi connectivity index (χ1) is 3.91. The minimum Gasteiger partial charge on any atom is -0.382 e. The van der Waals surface area contributed by atoms with Gasteiger partial charge in [0.25, 0.3) is 0 Å². The second-order valence-electron chi connectivity index (χ2n) is 1.46. The summed E-state index contributed by atoms with van der Waals surface area (Å²) in [6.07, 6.45) is 0.837. The molecule has 0 aromatic rings. The van der Waals surface area contributed by atoms with Crippen LogP contribution in [-0.2, 0) is 9.47 Å². The molecule has 0 spiro atoms. The van der Waals surface area contributed by atoms with E-state index >= 15 is 0 Å². The van der Waals surface area contributed by atoms with Crippen LogP contribution in [0.5, 0.6) is 0 Å². The SMILES string of the molecule is [CH2-]CCOCCOC.[Li+]. The van der Waals surface area contributed by atoms with E-state index in [2.05, 4.69) is 6.92 Å². The third-order valence-electron chi connectivity index (χ3n) is 0.720. The Labute approximate surface area is 69.1 Å². The Hall–Kier alpha value is 0.517. The van der Waals surface area contributed by atoms with Crippen LogP contribution in [0.1, 0.15) is 6.42 Å². The van der Waals surface area contributed by atoms with Gasteiger partial charge in [0.05, 0.1) is 13.2 Å². The van der Waals surface area contributed by atoms with Gasteiger partial charge < -0.3 is 16.4 Å². The maximum absolute atomic E-state index is 5.04. The van der Waals surface area contributed by atoms with Crippen LogP contribution in [0, 0.1) is 6.92 Å². The van der Waals surface area contributed by atoms with E-state index in [9.17, 15) is 0 Å². The van der Waals surface area contributed by atoms with Gasteiger partial charge in [0.2, 0.25) is 0 Å². The number of hydrogen-bond donors (Lipinski definition) is 0. The minimum atomic E-state index is 0. The predicted octanol–water partition coefficient (Wildman–Crippen LogP) is -2.12. The molecule has 0 saturated carbocycles. The molecule has 0 saturated heterocycles. The van der Waals surface area contributed by atoms with E-state index in [1.54, 1.807) is 7.11 Å². The van der Waals surface area contributed by atoms with Crippen molar-refractivity contribution in [3.8, 4) is 0 Å². The van der Waals surface area contributed by atoms with Crippen LogP contribution < -0.4 is 18.9 Å². The molecule has 0 bridgehead atoms. The molecule has 0 aromatic carbocycles. The summed E-state index contributed by atoms with van der Waals surface area (Å²) in [5, 5.41) is 0. The van der Waals surface area contributed by atoms with Crippen LogP contribution in [0.3, 0.4) is 0 Å². The maximum Gasteiger partial charge on any atom is 1.00 e. The molecule has 0 rings (SSSR count). The van der Waals surface area contributed by atoms with E-state index in [1.165, 1.54) is 0 Å². The van der Waals surface area contributed by atoms with Gasteiger partial charge >= 0.3 is 18.9 Å². The first kappa shape index (κ1) is 12.2. The van der Waals surface area contributed by atoms with Crippen molar-refractivity contribution in [1.29, 1.82) is 0 Å². The molecule has 0 unspecified atom stereocenters. The van der Waals surface area contributed by atoms with Crippen molar-refractivity contribution in [1.82, 2.24) is 0 Å². The Kier molecular flexibility index (Phi) is 15.4. The summed E-state index contributed by atoms with van der Waals surface area (Å²) >= 11 is 0. The average Bonchev–Trinajstić information content (AvgIpc) is 1.81. The van der Waals surface area contributed by atoms with Crippen molar-refractivity contribution in [2.45, 2.75) is 6.42 Å². The summed E-state index contributed by atoms with van der Waals surface area (Å²) in [5.74, 6) is 0. The average molecular weight is 124 g/mol. The Balaban J connectivity index is 0. The van der Waals surface area contributed by atoms with Crippen molar-refractivity contribution in [3.05, 3.63) is 6.92 Å². The van der Waals surface area contributed by atoms with Gasteiger partial charge in [-0.2, -0.15) is 6.42 Å². The maximum atomic E-state index is 5.04. The Morgan fingerprint density at radius 3 is 2.33 bits per heavy atom. The molecule has 0 aromatic heterocycles. The fourth-order valence-corrected chi connectivity index (χ4v) is 0.346. The number of ether oxygens (including phenoxy) is 2. The summed E-state index contributed by atoms with van der Waals surface area (Å²) in [6, 6.07) is 0. The van der Waals surface area contributed by atoms with Gasteiger partial charge in [0.15, 0.2) is 0 Å². The molecule has 0 fully saturated rings. The van der Waals surface area contributed by atoms with E-state index in [-0.39, 0.29) is 18.9 Å². The third-order valence-corrected chi connectivity index (χ3v) is 0.720. The molecule has 50 valence electrons. The van der Waals surface area contributed by atoms with Crippen LogP contribution in [0.25, 0.3) is 0 Å². The van der Waals surface area contributed by atoms with Gasteiger partial charge in [-0.15, -0.1) is 0 Å². The molecule has 9 heavy (non-hydrogen) atoms. The molecule has 0 atom stereocenters. The summed E-state index contributed by atoms with van der Waals surface area (Å²) in [5.41, 5.74) is 0. The Morgan fingerprint density at radius 2 is 1.89 bits per heavy atom. The summed E-state index contributed by atoms with van der Waals surface area (Å²) in [4.78, 5) is 0. The van der Waals surface area contributed by atoms with Crippen molar-refractivity contribution in [2.75, 3.05) is 26.9 Å². The smallest absolute Gasteiger partial charge is 0.382 e. The first-order valence-corrected chi connectivity index (χ1v) is 2.77. The van der Waals surface area contributed by atoms with Crippen molar-refractivity contribution in [2.24, 2.45) is 0 Å². The first-order valence-electron chi connectivity index (χ1n) is 2.77. The third kappa shape index (κ3) is 11.9. The van der Waals surface area contributed by atoms with Crippen LogP contribution in [0.2, 0.25) is 0 Å². The molecule has 0 heterocycles. The molecule has 0 aliphatic rings. The molecule has 0 N–H and O–H groups in total. The van der Waals surface area contributed by atoms with E-state index in [0.29, 0.717) is 13.2 Å². The molecule has 0 aliphatic heterocycles. The zero-order valence-electron chi connectivity index (χ0n) is 6.35. The second-order valence-corrected chi connectivity index (χ2v) is 1.46. The molecule has 0 radical (unpaired) electrons. The Morgan fingerprint density at radius 1 is 1.22 bits per heavy atom. The minimum absolute atomic E-state index is 0. The van der Waals surface area contributed by atoms with Crippen molar-refractivity contribution >= 4 is 0 Å². The van der Waals surface area contributed by atoms with E-state index in [0.717, 1.165) is 13.0 Å². The molecule has 0 amide bonds. The Bertz CT molecular complexity index is 36.0. The zero-order chi connectivity index (χ0) is 6.24. The van der Waals surface area contributed by atoms with Crippen LogP contribution in [0.4, 0.5) is 0 Å². The van der Waals surface area contributed by atoms with Gasteiger partial charge in [-0.05, 0) is 0 Å². The zero-order valence-corrected chi connectivity index (χ0v) is 6.35. The van der Waals surface area contributed by atoms with Gasteiger partial charge in [0.1, 0.15) is 0 Å². The van der Waals surface area contributed by atoms with Gasteiger partial charge in [-0.1, -0.05) is 0 Å². The fourth-order valence-electron chi connectivity index (χ4n) is 0.346. The van der Waals surface area contributed by atoms with Crippen molar-refractivity contribution in [3.63, 3.8) is 0 Å². The number of methoxy groups -OCH3 is 1. The molecular formula is C6H13LiO2. The van der Waals surface area contributed by atoms with Crippen LogP contribution in [-0.4, -0.2) is 26.9 Å². The summed E-state index contributed by atoms with van der Waals surface area (Å²) in [6.45, 7) is 5.72. The van der Waals surface area contributed by atoms with Crippen molar-refractivity contribution < 1.29 is 28.3 Å². The van der Waals surface area contributed by atoms with E-state index in [1.807, 2.05) is 0 Å². The number of rotatable bonds is 5. The van der Waals surface area contributed by atoms with Gasteiger partial charge in [0, 0.05) is 13.7 Å². The topological polar surface area (TPSA) is 18.5 Å². The molecule has 2 nitrogen and oxygen atoms in total. The normalized spacial score (nSPS) is 8.67. The van der Waals surface area contributed by atoms with E-state index in [4.69, 9.17) is 9.47 Å². The van der Waals surface area contributed by atoms with Gasteiger partial charge in [-0.3, -0.25) is 0 Å². The monoisotopic (exact) mass is 124 g/mol. The number of hydrogen-bond acceptors (Lipinski definition) is 2. The standard InChI is InChI=1S/C6H13O2.Li/c1-3-4-8-6-5-7-2;/h1,3-6H2,2H3;/q-1;+1. The largest absolute Gasteiger partial charge is 1.00 e. The second kappa shape index (κ2) is 11.3.